The highest BCUT2D eigenvalue weighted by Gasteiger charge is 2.34. The largest absolute Gasteiger partial charge is 0.336 e. The highest BCUT2D eigenvalue weighted by molar-refractivity contribution is 6.02. The molecule has 0 N–H and O–H groups in total. The van der Waals surface area contributed by atoms with Crippen LogP contribution in [-0.2, 0) is 11.3 Å². The van der Waals surface area contributed by atoms with Gasteiger partial charge in [0.05, 0.1) is 6.33 Å². The number of urea groups is 1. The highest BCUT2D eigenvalue weighted by Crippen LogP contribution is 2.10. The topological polar surface area (TPSA) is 58.4 Å². The summed E-state index contributed by atoms with van der Waals surface area (Å²) in [6.45, 7) is 5.06. The van der Waals surface area contributed by atoms with E-state index in [1.807, 2.05) is 4.57 Å². The third-order valence-electron chi connectivity index (χ3n) is 2.62. The molecule has 0 unspecified atom stereocenters. The van der Waals surface area contributed by atoms with E-state index in [4.69, 9.17) is 0 Å². The van der Waals surface area contributed by atoms with Crippen LogP contribution in [0, 0.1) is 0 Å². The van der Waals surface area contributed by atoms with Crippen molar-refractivity contribution in [3.63, 3.8) is 0 Å². The number of hydrogen-bond acceptors (Lipinski definition) is 3. The average molecular weight is 234 g/mol. The molecule has 1 aromatic heterocycles. The number of carbonyl (C=O) groups excluding carboxylic acids is 2. The van der Waals surface area contributed by atoms with Gasteiger partial charge in [-0.3, -0.25) is 9.69 Å². The van der Waals surface area contributed by atoms with Crippen LogP contribution in [0.1, 0.15) is 0 Å². The van der Waals surface area contributed by atoms with Crippen molar-refractivity contribution in [1.29, 1.82) is 0 Å². The zero-order valence-corrected chi connectivity index (χ0v) is 9.45. The SMILES string of the molecule is C=CCN1CC(=O)N(CCn2ccnc2)C1=O. The van der Waals surface area contributed by atoms with Crippen LogP contribution in [0.25, 0.3) is 0 Å². The monoisotopic (exact) mass is 234 g/mol. The number of nitrogens with zero attached hydrogens (tertiary/aromatic N) is 4. The van der Waals surface area contributed by atoms with Crippen LogP contribution in [-0.4, -0.2) is 50.9 Å². The number of imide groups is 1. The molecule has 90 valence electrons. The Morgan fingerprint density at radius 3 is 2.88 bits per heavy atom. The van der Waals surface area contributed by atoms with Gasteiger partial charge in [0.25, 0.3) is 0 Å². The summed E-state index contributed by atoms with van der Waals surface area (Å²) in [4.78, 5) is 30.1. The predicted molar refractivity (Wildman–Crippen MR) is 61.1 cm³/mol. The van der Waals surface area contributed by atoms with E-state index in [9.17, 15) is 9.59 Å². The van der Waals surface area contributed by atoms with Crippen LogP contribution < -0.4 is 0 Å². The molecule has 2 heterocycles. The van der Waals surface area contributed by atoms with Crippen LogP contribution in [0.15, 0.2) is 31.4 Å². The fraction of sp³-hybridized carbons (Fsp3) is 0.364. The second-order valence-corrected chi connectivity index (χ2v) is 3.80. The van der Waals surface area contributed by atoms with Gasteiger partial charge < -0.3 is 9.47 Å². The van der Waals surface area contributed by atoms with Crippen molar-refractivity contribution in [2.75, 3.05) is 19.6 Å². The maximum Gasteiger partial charge on any atom is 0.327 e. The lowest BCUT2D eigenvalue weighted by molar-refractivity contribution is -0.125. The fourth-order valence-corrected chi connectivity index (χ4v) is 1.75. The third kappa shape index (κ3) is 2.35. The van der Waals surface area contributed by atoms with Crippen LogP contribution >= 0.6 is 0 Å². The van der Waals surface area contributed by atoms with Gasteiger partial charge in [-0.2, -0.15) is 0 Å². The van der Waals surface area contributed by atoms with Crippen molar-refractivity contribution in [1.82, 2.24) is 19.4 Å². The first kappa shape index (κ1) is 11.4. The van der Waals surface area contributed by atoms with Crippen molar-refractivity contribution < 1.29 is 9.59 Å². The first-order valence-corrected chi connectivity index (χ1v) is 5.38. The van der Waals surface area contributed by atoms with E-state index in [0.29, 0.717) is 19.6 Å². The molecule has 6 heteroatoms. The number of rotatable bonds is 5. The van der Waals surface area contributed by atoms with E-state index in [0.717, 1.165) is 0 Å². The summed E-state index contributed by atoms with van der Waals surface area (Å²) in [5.74, 6) is -0.156. The van der Waals surface area contributed by atoms with Gasteiger partial charge in [0.15, 0.2) is 0 Å². The van der Waals surface area contributed by atoms with Crippen molar-refractivity contribution in [2.45, 2.75) is 6.54 Å². The smallest absolute Gasteiger partial charge is 0.327 e. The molecule has 0 aliphatic carbocycles. The van der Waals surface area contributed by atoms with Crippen molar-refractivity contribution in [3.05, 3.63) is 31.4 Å². The minimum atomic E-state index is -0.241. The quantitative estimate of drug-likeness (QED) is 0.545. The minimum Gasteiger partial charge on any atom is -0.336 e. The molecule has 6 nitrogen and oxygen atoms in total. The molecule has 1 fully saturated rings. The second kappa shape index (κ2) is 4.82. The summed E-state index contributed by atoms with van der Waals surface area (Å²) in [7, 11) is 0. The Balaban J connectivity index is 1.94. The normalized spacial score (nSPS) is 15.8. The summed E-state index contributed by atoms with van der Waals surface area (Å²) in [5.41, 5.74) is 0. The van der Waals surface area contributed by atoms with Gasteiger partial charge in [-0.05, 0) is 0 Å². The lowest BCUT2D eigenvalue weighted by Crippen LogP contribution is -2.35. The van der Waals surface area contributed by atoms with E-state index < -0.39 is 0 Å². The fourth-order valence-electron chi connectivity index (χ4n) is 1.75. The second-order valence-electron chi connectivity index (χ2n) is 3.80. The van der Waals surface area contributed by atoms with Crippen LogP contribution in [0.3, 0.4) is 0 Å². The van der Waals surface area contributed by atoms with Crippen molar-refractivity contribution in [2.24, 2.45) is 0 Å². The summed E-state index contributed by atoms with van der Waals surface area (Å²) in [6, 6.07) is -0.241. The number of imidazole rings is 1. The molecule has 2 rings (SSSR count). The number of carbonyl (C=O) groups is 2. The Hall–Kier alpha value is -2.11. The molecular weight excluding hydrogens is 220 g/mol. The maximum absolute atomic E-state index is 11.8. The molecule has 1 aromatic rings. The lowest BCUT2D eigenvalue weighted by atomic mass is 10.5. The van der Waals surface area contributed by atoms with E-state index in [1.165, 1.54) is 9.80 Å². The number of aromatic nitrogens is 2. The molecule has 0 radical (unpaired) electrons. The minimum absolute atomic E-state index is 0.148. The molecule has 17 heavy (non-hydrogen) atoms. The highest BCUT2D eigenvalue weighted by atomic mass is 16.2. The van der Waals surface area contributed by atoms with E-state index in [-0.39, 0.29) is 18.5 Å². The first-order chi connectivity index (χ1) is 8.22. The van der Waals surface area contributed by atoms with Gasteiger partial charge in [0.2, 0.25) is 5.91 Å². The zero-order chi connectivity index (χ0) is 12.3. The molecule has 0 spiro atoms. The van der Waals surface area contributed by atoms with Crippen molar-refractivity contribution >= 4 is 11.9 Å². The molecule has 0 bridgehead atoms. The van der Waals surface area contributed by atoms with Crippen molar-refractivity contribution in [3.8, 4) is 0 Å². The van der Waals surface area contributed by atoms with Crippen LogP contribution in [0.5, 0.6) is 0 Å². The predicted octanol–water partition coefficient (Wildman–Crippen LogP) is 0.333. The Morgan fingerprint density at radius 1 is 1.41 bits per heavy atom. The maximum atomic E-state index is 11.8. The summed E-state index contributed by atoms with van der Waals surface area (Å²) >= 11 is 0. The van der Waals surface area contributed by atoms with Crippen LogP contribution in [0.2, 0.25) is 0 Å². The molecular formula is C11H14N4O2. The lowest BCUT2D eigenvalue weighted by Gasteiger charge is -2.15. The van der Waals surface area contributed by atoms with Gasteiger partial charge in [0.1, 0.15) is 6.54 Å². The Morgan fingerprint density at radius 2 is 2.24 bits per heavy atom. The third-order valence-corrected chi connectivity index (χ3v) is 2.62. The summed E-state index contributed by atoms with van der Waals surface area (Å²) < 4.78 is 1.83. The van der Waals surface area contributed by atoms with E-state index in [1.54, 1.807) is 24.8 Å². The van der Waals surface area contributed by atoms with Crippen LogP contribution in [0.4, 0.5) is 4.79 Å². The molecule has 0 aromatic carbocycles. The van der Waals surface area contributed by atoms with Gasteiger partial charge in [-0.25, -0.2) is 9.78 Å². The number of amides is 3. The molecule has 1 saturated heterocycles. The van der Waals surface area contributed by atoms with E-state index in [2.05, 4.69) is 11.6 Å². The Labute approximate surface area is 99.1 Å². The molecule has 0 atom stereocenters. The standard InChI is InChI=1S/C11H14N4O2/c1-2-4-14-8-10(16)15(11(14)17)7-6-13-5-3-12-9-13/h2-3,5,9H,1,4,6-8H2. The summed E-state index contributed by atoms with van der Waals surface area (Å²) in [5, 5.41) is 0. The molecule has 3 amide bonds. The first-order valence-electron chi connectivity index (χ1n) is 5.38. The average Bonchev–Trinajstić information content (AvgIpc) is 2.88. The Bertz CT molecular complexity index is 427. The Kier molecular flexibility index (Phi) is 3.22. The molecule has 0 saturated carbocycles. The number of hydrogen-bond donors (Lipinski definition) is 0. The molecule has 1 aliphatic rings. The van der Waals surface area contributed by atoms with Gasteiger partial charge in [-0.15, -0.1) is 6.58 Å². The van der Waals surface area contributed by atoms with Gasteiger partial charge in [-0.1, -0.05) is 6.08 Å². The zero-order valence-electron chi connectivity index (χ0n) is 9.45. The summed E-state index contributed by atoms with van der Waals surface area (Å²) in [6.07, 6.45) is 6.74. The van der Waals surface area contributed by atoms with Gasteiger partial charge in [0, 0.05) is 32.0 Å². The van der Waals surface area contributed by atoms with Gasteiger partial charge >= 0.3 is 6.03 Å². The van der Waals surface area contributed by atoms with E-state index >= 15 is 0 Å². The molecule has 1 aliphatic heterocycles.